The van der Waals surface area contributed by atoms with Crippen LogP contribution in [0.2, 0.25) is 0 Å². The minimum atomic E-state index is -0.526. The molecule has 7 nitrogen and oxygen atoms in total. The average molecular weight is 346 g/mol. The number of aliphatic hydroxyl groups excluding tert-OH is 1. The third-order valence-electron chi connectivity index (χ3n) is 3.88. The summed E-state index contributed by atoms with van der Waals surface area (Å²) in [5.74, 6) is -0.183. The van der Waals surface area contributed by atoms with Crippen molar-refractivity contribution in [1.82, 2.24) is 20.0 Å². The van der Waals surface area contributed by atoms with Gasteiger partial charge in [-0.3, -0.25) is 14.0 Å². The van der Waals surface area contributed by atoms with Gasteiger partial charge < -0.3 is 15.7 Å². The standard InChI is InChI=1S/C18H26N4O3/c1-13(23)12-20-16(24)9-4-3-6-10-19-18(25)17-14(2)21-15-8-5-7-11-22(15)17/h5,7-8,11,13,23H,3-4,6,9-10,12H2,1-2H3,(H,19,25)(H,20,24). The molecule has 0 fully saturated rings. The Balaban J connectivity index is 1.69. The van der Waals surface area contributed by atoms with E-state index in [0.717, 1.165) is 24.9 Å². The lowest BCUT2D eigenvalue weighted by atomic mass is 10.2. The number of nitrogens with one attached hydrogen (secondary N) is 2. The number of carbonyl (C=O) groups is 2. The van der Waals surface area contributed by atoms with Crippen molar-refractivity contribution in [3.8, 4) is 0 Å². The van der Waals surface area contributed by atoms with Crippen LogP contribution in [0.5, 0.6) is 0 Å². The molecule has 2 rings (SSSR count). The number of aliphatic hydroxyl groups is 1. The van der Waals surface area contributed by atoms with E-state index in [9.17, 15) is 9.59 Å². The van der Waals surface area contributed by atoms with Crippen LogP contribution in [-0.4, -0.2) is 45.5 Å². The third kappa shape index (κ3) is 5.56. The Kier molecular flexibility index (Phi) is 6.94. The van der Waals surface area contributed by atoms with Crippen molar-refractivity contribution in [2.45, 2.75) is 45.6 Å². The highest BCUT2D eigenvalue weighted by Crippen LogP contribution is 2.11. The molecule has 2 aromatic rings. The highest BCUT2D eigenvalue weighted by Gasteiger charge is 2.15. The molecule has 0 saturated heterocycles. The summed E-state index contributed by atoms with van der Waals surface area (Å²) in [6.45, 7) is 4.31. The first kappa shape index (κ1) is 18.9. The van der Waals surface area contributed by atoms with E-state index in [4.69, 9.17) is 5.11 Å². The predicted octanol–water partition coefficient (Wildman–Crippen LogP) is 1.43. The van der Waals surface area contributed by atoms with Crippen molar-refractivity contribution in [2.24, 2.45) is 0 Å². The van der Waals surface area contributed by atoms with E-state index in [1.54, 1.807) is 11.3 Å². The Morgan fingerprint density at radius 2 is 2.04 bits per heavy atom. The maximum atomic E-state index is 12.4. The lowest BCUT2D eigenvalue weighted by Crippen LogP contribution is -2.30. The van der Waals surface area contributed by atoms with E-state index in [2.05, 4.69) is 15.6 Å². The number of imidazole rings is 1. The van der Waals surface area contributed by atoms with Gasteiger partial charge in [0.05, 0.1) is 11.8 Å². The molecule has 25 heavy (non-hydrogen) atoms. The van der Waals surface area contributed by atoms with Crippen molar-refractivity contribution in [3.05, 3.63) is 35.8 Å². The van der Waals surface area contributed by atoms with Gasteiger partial charge in [-0.2, -0.15) is 0 Å². The van der Waals surface area contributed by atoms with E-state index in [1.807, 2.05) is 31.3 Å². The zero-order valence-electron chi connectivity index (χ0n) is 14.8. The van der Waals surface area contributed by atoms with Gasteiger partial charge in [0, 0.05) is 25.7 Å². The fourth-order valence-corrected chi connectivity index (χ4v) is 2.61. The van der Waals surface area contributed by atoms with Crippen molar-refractivity contribution in [1.29, 1.82) is 0 Å². The van der Waals surface area contributed by atoms with Crippen LogP contribution >= 0.6 is 0 Å². The van der Waals surface area contributed by atoms with Crippen LogP contribution in [0.3, 0.4) is 0 Å². The molecule has 0 aliphatic rings. The number of unbranched alkanes of at least 4 members (excludes halogenated alkanes) is 2. The number of nitrogens with zero attached hydrogens (tertiary/aromatic N) is 2. The molecule has 0 spiro atoms. The first-order valence-electron chi connectivity index (χ1n) is 8.65. The van der Waals surface area contributed by atoms with Gasteiger partial charge >= 0.3 is 0 Å². The highest BCUT2D eigenvalue weighted by molar-refractivity contribution is 5.94. The van der Waals surface area contributed by atoms with Crippen molar-refractivity contribution in [2.75, 3.05) is 13.1 Å². The zero-order valence-corrected chi connectivity index (χ0v) is 14.8. The van der Waals surface area contributed by atoms with Crippen LogP contribution in [0.4, 0.5) is 0 Å². The van der Waals surface area contributed by atoms with Crippen LogP contribution < -0.4 is 10.6 Å². The third-order valence-corrected chi connectivity index (χ3v) is 3.88. The summed E-state index contributed by atoms with van der Waals surface area (Å²) in [4.78, 5) is 28.3. The van der Waals surface area contributed by atoms with Gasteiger partial charge in [0.15, 0.2) is 0 Å². The molecule has 0 bridgehead atoms. The fourth-order valence-electron chi connectivity index (χ4n) is 2.61. The fraction of sp³-hybridized carbons (Fsp3) is 0.500. The van der Waals surface area contributed by atoms with E-state index >= 15 is 0 Å². The Hall–Kier alpha value is -2.41. The smallest absolute Gasteiger partial charge is 0.270 e. The molecule has 0 saturated carbocycles. The monoisotopic (exact) mass is 346 g/mol. The molecule has 136 valence electrons. The number of rotatable bonds is 9. The van der Waals surface area contributed by atoms with E-state index < -0.39 is 6.10 Å². The lowest BCUT2D eigenvalue weighted by Gasteiger charge is -2.07. The van der Waals surface area contributed by atoms with Crippen LogP contribution in [0.25, 0.3) is 5.65 Å². The molecular formula is C18H26N4O3. The number of aromatic nitrogens is 2. The van der Waals surface area contributed by atoms with Gasteiger partial charge in [0.2, 0.25) is 5.91 Å². The Bertz CT molecular complexity index is 724. The number of hydrogen-bond donors (Lipinski definition) is 3. The summed E-state index contributed by atoms with van der Waals surface area (Å²) in [6, 6.07) is 5.63. The van der Waals surface area contributed by atoms with E-state index in [-0.39, 0.29) is 18.4 Å². The normalized spacial score (nSPS) is 12.1. The molecule has 2 aromatic heterocycles. The summed E-state index contributed by atoms with van der Waals surface area (Å²) < 4.78 is 1.79. The number of carbonyl (C=O) groups excluding carboxylic acids is 2. The number of amides is 2. The molecular weight excluding hydrogens is 320 g/mol. The minimum absolute atomic E-state index is 0.0497. The first-order valence-corrected chi connectivity index (χ1v) is 8.65. The van der Waals surface area contributed by atoms with Crippen molar-refractivity contribution >= 4 is 17.5 Å². The Morgan fingerprint density at radius 1 is 1.24 bits per heavy atom. The Morgan fingerprint density at radius 3 is 2.80 bits per heavy atom. The first-order chi connectivity index (χ1) is 12.0. The quantitative estimate of drug-likeness (QED) is 0.599. The predicted molar refractivity (Wildman–Crippen MR) is 95.4 cm³/mol. The van der Waals surface area contributed by atoms with E-state index in [1.165, 1.54) is 0 Å². The highest BCUT2D eigenvalue weighted by atomic mass is 16.3. The van der Waals surface area contributed by atoms with Crippen LogP contribution in [0, 0.1) is 6.92 Å². The summed E-state index contributed by atoms with van der Waals surface area (Å²) in [5, 5.41) is 14.7. The summed E-state index contributed by atoms with van der Waals surface area (Å²) in [6.07, 6.45) is 4.17. The lowest BCUT2D eigenvalue weighted by molar-refractivity contribution is -0.121. The summed E-state index contributed by atoms with van der Waals surface area (Å²) in [7, 11) is 0. The van der Waals surface area contributed by atoms with Gasteiger partial charge in [0.1, 0.15) is 11.3 Å². The maximum absolute atomic E-state index is 12.4. The van der Waals surface area contributed by atoms with Gasteiger partial charge in [-0.05, 0) is 38.8 Å². The molecule has 2 heterocycles. The Labute approximate surface area is 147 Å². The second kappa shape index (κ2) is 9.17. The van der Waals surface area contributed by atoms with Gasteiger partial charge in [0.25, 0.3) is 5.91 Å². The molecule has 3 N–H and O–H groups in total. The second-order valence-electron chi connectivity index (χ2n) is 6.19. The molecule has 2 amide bonds. The van der Waals surface area contributed by atoms with Crippen LogP contribution in [0.1, 0.15) is 48.8 Å². The number of pyridine rings is 1. The van der Waals surface area contributed by atoms with Crippen molar-refractivity contribution < 1.29 is 14.7 Å². The topological polar surface area (TPSA) is 95.7 Å². The molecule has 7 heteroatoms. The van der Waals surface area contributed by atoms with Crippen LogP contribution in [-0.2, 0) is 4.79 Å². The summed E-state index contributed by atoms with van der Waals surface area (Å²) >= 11 is 0. The summed E-state index contributed by atoms with van der Waals surface area (Å²) in [5.41, 5.74) is 2.03. The molecule has 0 aliphatic carbocycles. The van der Waals surface area contributed by atoms with Gasteiger partial charge in [-0.15, -0.1) is 0 Å². The van der Waals surface area contributed by atoms with Gasteiger partial charge in [-0.25, -0.2) is 4.98 Å². The molecule has 0 aliphatic heterocycles. The van der Waals surface area contributed by atoms with E-state index in [0.29, 0.717) is 24.4 Å². The van der Waals surface area contributed by atoms with Crippen molar-refractivity contribution in [3.63, 3.8) is 0 Å². The molecule has 0 aromatic carbocycles. The molecule has 0 radical (unpaired) electrons. The SMILES string of the molecule is Cc1nc2ccccn2c1C(=O)NCCCCCC(=O)NCC(C)O. The van der Waals surface area contributed by atoms with Crippen LogP contribution in [0.15, 0.2) is 24.4 Å². The average Bonchev–Trinajstić information content (AvgIpc) is 2.91. The maximum Gasteiger partial charge on any atom is 0.270 e. The number of aryl methyl sites for hydroxylation is 1. The van der Waals surface area contributed by atoms with Gasteiger partial charge in [-0.1, -0.05) is 12.5 Å². The molecule has 1 unspecified atom stereocenters. The minimum Gasteiger partial charge on any atom is -0.392 e. The zero-order chi connectivity index (χ0) is 18.2. The number of hydrogen-bond acceptors (Lipinski definition) is 4. The second-order valence-corrected chi connectivity index (χ2v) is 6.19. The molecule has 1 atom stereocenters. The largest absolute Gasteiger partial charge is 0.392 e. The number of fused-ring (bicyclic) bond motifs is 1.